The molecule has 0 aliphatic heterocycles. The van der Waals surface area contributed by atoms with Crippen LogP contribution in [0, 0.1) is 0 Å². The number of anilines is 1. The molecule has 0 aliphatic carbocycles. The van der Waals surface area contributed by atoms with Gasteiger partial charge in [0.2, 0.25) is 5.28 Å². The number of H-pyrrole nitrogens is 1. The molecule has 19 heavy (non-hydrogen) atoms. The maximum atomic E-state index is 11.8. The summed E-state index contributed by atoms with van der Waals surface area (Å²) in [7, 11) is 0. The SMILES string of the molecule is Nc1cccc(-c2nccc3c(=O)[nH]c(Cl)nc23)c1. The molecule has 3 N–H and O–H groups in total. The fourth-order valence-corrected chi connectivity index (χ4v) is 2.11. The largest absolute Gasteiger partial charge is 0.399 e. The Balaban J connectivity index is 2.39. The van der Waals surface area contributed by atoms with Crippen LogP contribution in [0.15, 0.2) is 41.3 Å². The molecule has 1 aromatic carbocycles. The van der Waals surface area contributed by atoms with Crippen molar-refractivity contribution < 1.29 is 0 Å². The molecule has 0 aliphatic rings. The Kier molecular flexibility index (Phi) is 2.68. The number of hydrogen-bond donors (Lipinski definition) is 2. The molecule has 0 unspecified atom stereocenters. The second kappa shape index (κ2) is 4.37. The summed E-state index contributed by atoms with van der Waals surface area (Å²) < 4.78 is 0. The monoisotopic (exact) mass is 272 g/mol. The molecule has 0 fully saturated rings. The fraction of sp³-hybridized carbons (Fsp3) is 0. The summed E-state index contributed by atoms with van der Waals surface area (Å²) in [4.78, 5) is 22.7. The first-order valence-corrected chi connectivity index (χ1v) is 5.93. The average molecular weight is 273 g/mol. The Hall–Kier alpha value is -2.40. The van der Waals surface area contributed by atoms with Crippen LogP contribution in [0.3, 0.4) is 0 Å². The Morgan fingerprint density at radius 2 is 2.11 bits per heavy atom. The lowest BCUT2D eigenvalue weighted by atomic mass is 10.1. The summed E-state index contributed by atoms with van der Waals surface area (Å²) in [5.74, 6) is 0. The molecule has 0 saturated heterocycles. The van der Waals surface area contributed by atoms with Crippen LogP contribution >= 0.6 is 11.6 Å². The van der Waals surface area contributed by atoms with Crippen LogP contribution in [0.4, 0.5) is 5.69 Å². The number of fused-ring (bicyclic) bond motifs is 1. The van der Waals surface area contributed by atoms with Crippen LogP contribution in [-0.4, -0.2) is 15.0 Å². The molecule has 3 rings (SSSR count). The van der Waals surface area contributed by atoms with Gasteiger partial charge in [0.1, 0.15) is 5.52 Å². The third-order valence-electron chi connectivity index (χ3n) is 2.76. The van der Waals surface area contributed by atoms with Crippen LogP contribution < -0.4 is 11.3 Å². The highest BCUT2D eigenvalue weighted by atomic mass is 35.5. The van der Waals surface area contributed by atoms with Crippen molar-refractivity contribution in [1.29, 1.82) is 0 Å². The summed E-state index contributed by atoms with van der Waals surface area (Å²) in [6.45, 7) is 0. The summed E-state index contributed by atoms with van der Waals surface area (Å²) in [6.07, 6.45) is 1.56. The molecule has 2 aromatic heterocycles. The molecule has 5 nitrogen and oxygen atoms in total. The normalized spacial score (nSPS) is 10.8. The first-order chi connectivity index (χ1) is 9.15. The maximum Gasteiger partial charge on any atom is 0.259 e. The standard InChI is InChI=1S/C13H9ClN4O/c14-13-17-11-9(12(19)18-13)4-5-16-10(11)7-2-1-3-8(15)6-7/h1-6H,15H2,(H,17,18,19). The predicted molar refractivity (Wildman–Crippen MR) is 75.0 cm³/mol. The molecule has 6 heteroatoms. The molecule has 0 spiro atoms. The van der Waals surface area contributed by atoms with E-state index in [0.717, 1.165) is 5.56 Å². The highest BCUT2D eigenvalue weighted by Gasteiger charge is 2.10. The van der Waals surface area contributed by atoms with E-state index in [2.05, 4.69) is 15.0 Å². The smallest absolute Gasteiger partial charge is 0.259 e. The van der Waals surface area contributed by atoms with Crippen molar-refractivity contribution in [2.75, 3.05) is 5.73 Å². The lowest BCUT2D eigenvalue weighted by molar-refractivity contribution is 1.16. The summed E-state index contributed by atoms with van der Waals surface area (Å²) in [6, 6.07) is 8.84. The zero-order chi connectivity index (χ0) is 13.4. The van der Waals surface area contributed by atoms with Gasteiger partial charge in [0, 0.05) is 17.4 Å². The van der Waals surface area contributed by atoms with Gasteiger partial charge in [0.15, 0.2) is 0 Å². The van der Waals surface area contributed by atoms with Crippen molar-refractivity contribution in [2.24, 2.45) is 0 Å². The zero-order valence-corrected chi connectivity index (χ0v) is 10.5. The van der Waals surface area contributed by atoms with Crippen molar-refractivity contribution in [2.45, 2.75) is 0 Å². The van der Waals surface area contributed by atoms with Crippen molar-refractivity contribution >= 4 is 28.2 Å². The molecule has 0 saturated carbocycles. The molecule has 0 bridgehead atoms. The minimum absolute atomic E-state index is 0.0376. The van der Waals surface area contributed by atoms with E-state index in [0.29, 0.717) is 22.3 Å². The molecule has 0 amide bonds. The number of pyridine rings is 1. The van der Waals surface area contributed by atoms with Gasteiger partial charge in [0.05, 0.1) is 11.1 Å². The number of rotatable bonds is 1. The Morgan fingerprint density at radius 3 is 2.89 bits per heavy atom. The molecule has 2 heterocycles. The minimum Gasteiger partial charge on any atom is -0.399 e. The van der Waals surface area contributed by atoms with Gasteiger partial charge in [-0.25, -0.2) is 4.98 Å². The first kappa shape index (κ1) is 11.7. The Labute approximate surface area is 113 Å². The van der Waals surface area contributed by atoms with E-state index in [-0.39, 0.29) is 10.8 Å². The third-order valence-corrected chi connectivity index (χ3v) is 2.93. The molecule has 0 atom stereocenters. The number of benzene rings is 1. The number of nitrogens with one attached hydrogen (secondary N) is 1. The van der Waals surface area contributed by atoms with Gasteiger partial charge in [-0.05, 0) is 29.8 Å². The number of halogens is 1. The minimum atomic E-state index is -0.289. The van der Waals surface area contributed by atoms with Crippen LogP contribution in [0.1, 0.15) is 0 Å². The second-order valence-electron chi connectivity index (χ2n) is 4.04. The van der Waals surface area contributed by atoms with Gasteiger partial charge < -0.3 is 5.73 Å². The van der Waals surface area contributed by atoms with Gasteiger partial charge in [0.25, 0.3) is 5.56 Å². The van der Waals surface area contributed by atoms with Crippen LogP contribution in [0.5, 0.6) is 0 Å². The van der Waals surface area contributed by atoms with E-state index in [9.17, 15) is 4.79 Å². The number of nitrogens with zero attached hydrogens (tertiary/aromatic N) is 2. The maximum absolute atomic E-state index is 11.8. The number of aromatic nitrogens is 3. The number of hydrogen-bond acceptors (Lipinski definition) is 4. The van der Waals surface area contributed by atoms with Crippen LogP contribution in [0.25, 0.3) is 22.2 Å². The lowest BCUT2D eigenvalue weighted by Gasteiger charge is -2.05. The van der Waals surface area contributed by atoms with Gasteiger partial charge in [-0.1, -0.05) is 12.1 Å². The van der Waals surface area contributed by atoms with Gasteiger partial charge >= 0.3 is 0 Å². The van der Waals surface area contributed by atoms with E-state index in [1.807, 2.05) is 12.1 Å². The van der Waals surface area contributed by atoms with Crippen molar-refractivity contribution in [3.05, 3.63) is 52.2 Å². The zero-order valence-electron chi connectivity index (χ0n) is 9.72. The topological polar surface area (TPSA) is 84.7 Å². The molecule has 3 aromatic rings. The van der Waals surface area contributed by atoms with Gasteiger partial charge in [-0.3, -0.25) is 14.8 Å². The highest BCUT2D eigenvalue weighted by Crippen LogP contribution is 2.25. The lowest BCUT2D eigenvalue weighted by Crippen LogP contribution is -2.08. The van der Waals surface area contributed by atoms with E-state index in [1.54, 1.807) is 24.4 Å². The Bertz CT molecular complexity index is 828. The van der Waals surface area contributed by atoms with E-state index in [1.165, 1.54) is 0 Å². The molecular formula is C13H9ClN4O. The number of aromatic amines is 1. The van der Waals surface area contributed by atoms with Crippen molar-refractivity contribution in [3.8, 4) is 11.3 Å². The summed E-state index contributed by atoms with van der Waals surface area (Å²) in [5, 5.41) is 0.479. The molecular weight excluding hydrogens is 264 g/mol. The predicted octanol–water partition coefficient (Wildman–Crippen LogP) is 2.22. The van der Waals surface area contributed by atoms with E-state index >= 15 is 0 Å². The first-order valence-electron chi connectivity index (χ1n) is 5.55. The Morgan fingerprint density at radius 1 is 1.26 bits per heavy atom. The third kappa shape index (κ3) is 2.04. The fourth-order valence-electron chi connectivity index (χ4n) is 1.93. The highest BCUT2D eigenvalue weighted by molar-refractivity contribution is 6.28. The number of nitrogen functional groups attached to an aromatic ring is 1. The van der Waals surface area contributed by atoms with E-state index < -0.39 is 0 Å². The van der Waals surface area contributed by atoms with E-state index in [4.69, 9.17) is 17.3 Å². The van der Waals surface area contributed by atoms with Crippen LogP contribution in [-0.2, 0) is 0 Å². The summed E-state index contributed by atoms with van der Waals surface area (Å²) >= 11 is 5.80. The van der Waals surface area contributed by atoms with Crippen molar-refractivity contribution in [1.82, 2.24) is 15.0 Å². The molecule has 0 radical (unpaired) electrons. The van der Waals surface area contributed by atoms with Gasteiger partial charge in [-0.2, -0.15) is 0 Å². The molecule has 94 valence electrons. The summed E-state index contributed by atoms with van der Waals surface area (Å²) in [5.41, 5.74) is 7.92. The van der Waals surface area contributed by atoms with Gasteiger partial charge in [-0.15, -0.1) is 0 Å². The average Bonchev–Trinajstić information content (AvgIpc) is 2.38. The second-order valence-corrected chi connectivity index (χ2v) is 4.40. The quantitative estimate of drug-likeness (QED) is 0.525. The van der Waals surface area contributed by atoms with Crippen molar-refractivity contribution in [3.63, 3.8) is 0 Å². The van der Waals surface area contributed by atoms with Crippen LogP contribution in [0.2, 0.25) is 5.28 Å². The number of nitrogens with two attached hydrogens (primary N) is 1.